The van der Waals surface area contributed by atoms with Crippen molar-refractivity contribution in [3.63, 3.8) is 0 Å². The Morgan fingerprint density at radius 1 is 1.00 bits per heavy atom. The summed E-state index contributed by atoms with van der Waals surface area (Å²) in [5.41, 5.74) is 2.17. The van der Waals surface area contributed by atoms with E-state index in [2.05, 4.69) is 4.98 Å². The fourth-order valence-corrected chi connectivity index (χ4v) is 3.33. The van der Waals surface area contributed by atoms with Gasteiger partial charge in [0.15, 0.2) is 0 Å². The molecule has 0 aliphatic carbocycles. The second kappa shape index (κ2) is 8.75. The first-order chi connectivity index (χ1) is 13.1. The number of aromatic amines is 1. The van der Waals surface area contributed by atoms with Crippen LogP contribution < -0.4 is 4.74 Å². The first-order valence-corrected chi connectivity index (χ1v) is 9.56. The fourth-order valence-electron chi connectivity index (χ4n) is 3.33. The molecule has 1 aromatic carbocycles. The number of benzene rings is 1. The molecule has 0 spiro atoms. The molecule has 3 rings (SSSR count). The Morgan fingerprint density at radius 2 is 1.67 bits per heavy atom. The van der Waals surface area contributed by atoms with Crippen molar-refractivity contribution in [3.8, 4) is 5.75 Å². The number of aryl methyl sites for hydroxylation is 1. The first kappa shape index (κ1) is 19.0. The van der Waals surface area contributed by atoms with E-state index in [1.165, 1.54) is 0 Å². The van der Waals surface area contributed by atoms with E-state index in [1.54, 1.807) is 6.20 Å². The number of hydrogen-bond donors (Lipinski definition) is 1. The summed E-state index contributed by atoms with van der Waals surface area (Å²) in [7, 11) is 0. The molecular formula is C21H27N3O3. The van der Waals surface area contributed by atoms with Crippen molar-refractivity contribution in [3.05, 3.63) is 53.3 Å². The molecule has 6 nitrogen and oxygen atoms in total. The van der Waals surface area contributed by atoms with Gasteiger partial charge in [0.1, 0.15) is 5.75 Å². The van der Waals surface area contributed by atoms with Gasteiger partial charge in [-0.25, -0.2) is 0 Å². The summed E-state index contributed by atoms with van der Waals surface area (Å²) in [5.74, 6) is 0.619. The summed E-state index contributed by atoms with van der Waals surface area (Å²) < 4.78 is 5.74. The molecule has 144 valence electrons. The highest BCUT2D eigenvalue weighted by molar-refractivity contribution is 5.97. The van der Waals surface area contributed by atoms with Gasteiger partial charge in [-0.3, -0.25) is 9.59 Å². The van der Waals surface area contributed by atoms with Gasteiger partial charge in [-0.2, -0.15) is 0 Å². The summed E-state index contributed by atoms with van der Waals surface area (Å²) in [6.07, 6.45) is 3.43. The molecule has 1 saturated heterocycles. The predicted octanol–water partition coefficient (Wildman–Crippen LogP) is 3.10. The highest BCUT2D eigenvalue weighted by atomic mass is 16.5. The standard InChI is InChI=1S/C21H27N3O3/c1-3-15-27-19-8-5-4-7-18(19)21(26)24-12-6-11-23(13-14-24)20(25)17-9-10-22-16(17)2/h4-5,7-10,22H,3,6,11-15H2,1-2H3. The number of H-pyrrole nitrogens is 1. The zero-order chi connectivity index (χ0) is 19.2. The molecule has 1 fully saturated rings. The van der Waals surface area contributed by atoms with Crippen LogP contribution in [0.3, 0.4) is 0 Å². The lowest BCUT2D eigenvalue weighted by atomic mass is 10.1. The number of hydrogen-bond acceptors (Lipinski definition) is 3. The number of para-hydroxylation sites is 1. The molecule has 2 aromatic rings. The maximum atomic E-state index is 13.0. The van der Waals surface area contributed by atoms with Crippen LogP contribution in [-0.2, 0) is 0 Å². The van der Waals surface area contributed by atoms with Gasteiger partial charge in [-0.15, -0.1) is 0 Å². The van der Waals surface area contributed by atoms with Crippen LogP contribution in [-0.4, -0.2) is 59.4 Å². The lowest BCUT2D eigenvalue weighted by Crippen LogP contribution is -2.37. The molecule has 27 heavy (non-hydrogen) atoms. The van der Waals surface area contributed by atoms with E-state index in [1.807, 2.05) is 54.0 Å². The van der Waals surface area contributed by atoms with Gasteiger partial charge in [0.2, 0.25) is 0 Å². The number of aromatic nitrogens is 1. The summed E-state index contributed by atoms with van der Waals surface area (Å²) in [5, 5.41) is 0. The predicted molar refractivity (Wildman–Crippen MR) is 104 cm³/mol. The number of nitrogens with zero attached hydrogens (tertiary/aromatic N) is 2. The van der Waals surface area contributed by atoms with Crippen LogP contribution >= 0.6 is 0 Å². The lowest BCUT2D eigenvalue weighted by molar-refractivity contribution is 0.0716. The first-order valence-electron chi connectivity index (χ1n) is 9.56. The van der Waals surface area contributed by atoms with Gasteiger partial charge in [-0.05, 0) is 38.0 Å². The molecule has 0 atom stereocenters. The molecule has 0 saturated carbocycles. The molecule has 0 radical (unpaired) electrons. The molecule has 2 heterocycles. The Bertz CT molecular complexity index is 799. The zero-order valence-corrected chi connectivity index (χ0v) is 16.0. The molecule has 1 aliphatic heterocycles. The smallest absolute Gasteiger partial charge is 0.257 e. The van der Waals surface area contributed by atoms with E-state index in [0.717, 1.165) is 18.5 Å². The summed E-state index contributed by atoms with van der Waals surface area (Å²) >= 11 is 0. The third-order valence-electron chi connectivity index (χ3n) is 4.83. The van der Waals surface area contributed by atoms with Gasteiger partial charge in [0.05, 0.1) is 17.7 Å². The van der Waals surface area contributed by atoms with Crippen molar-refractivity contribution in [1.29, 1.82) is 0 Å². The van der Waals surface area contributed by atoms with Crippen molar-refractivity contribution >= 4 is 11.8 Å². The maximum absolute atomic E-state index is 13.0. The van der Waals surface area contributed by atoms with Gasteiger partial charge in [0.25, 0.3) is 11.8 Å². The Kier molecular flexibility index (Phi) is 6.16. The normalized spacial score (nSPS) is 14.7. The lowest BCUT2D eigenvalue weighted by Gasteiger charge is -2.23. The van der Waals surface area contributed by atoms with Gasteiger partial charge < -0.3 is 19.5 Å². The minimum atomic E-state index is -0.0335. The highest BCUT2D eigenvalue weighted by Gasteiger charge is 2.25. The highest BCUT2D eigenvalue weighted by Crippen LogP contribution is 2.21. The minimum Gasteiger partial charge on any atom is -0.493 e. The van der Waals surface area contributed by atoms with E-state index in [4.69, 9.17) is 4.74 Å². The Balaban J connectivity index is 1.68. The maximum Gasteiger partial charge on any atom is 0.257 e. The molecule has 0 unspecified atom stereocenters. The van der Waals surface area contributed by atoms with Crippen LogP contribution in [0.25, 0.3) is 0 Å². The van der Waals surface area contributed by atoms with Crippen molar-refractivity contribution < 1.29 is 14.3 Å². The third kappa shape index (κ3) is 4.32. The fraction of sp³-hybridized carbons (Fsp3) is 0.429. The van der Waals surface area contributed by atoms with Crippen molar-refractivity contribution in [1.82, 2.24) is 14.8 Å². The molecule has 1 aliphatic rings. The van der Waals surface area contributed by atoms with Crippen LogP contribution in [0.2, 0.25) is 0 Å². The SMILES string of the molecule is CCCOc1ccccc1C(=O)N1CCCN(C(=O)c2cc[nH]c2C)CC1. The van der Waals surface area contributed by atoms with E-state index in [9.17, 15) is 9.59 Å². The molecule has 2 amide bonds. The van der Waals surface area contributed by atoms with E-state index in [0.29, 0.717) is 49.7 Å². The average Bonchev–Trinajstić information content (AvgIpc) is 2.97. The zero-order valence-electron chi connectivity index (χ0n) is 16.0. The Hall–Kier alpha value is -2.76. The second-order valence-corrected chi connectivity index (χ2v) is 6.80. The van der Waals surface area contributed by atoms with E-state index >= 15 is 0 Å². The summed E-state index contributed by atoms with van der Waals surface area (Å²) in [4.78, 5) is 32.5. The van der Waals surface area contributed by atoms with Crippen LogP contribution in [0, 0.1) is 6.92 Å². The van der Waals surface area contributed by atoms with Crippen LogP contribution in [0.4, 0.5) is 0 Å². The molecule has 1 N–H and O–H groups in total. The number of ether oxygens (including phenoxy) is 1. The minimum absolute atomic E-state index is 0.0229. The van der Waals surface area contributed by atoms with Gasteiger partial charge in [0, 0.05) is 38.1 Å². The number of rotatable bonds is 5. The molecule has 1 aromatic heterocycles. The number of nitrogens with one attached hydrogen (secondary N) is 1. The number of amides is 2. The van der Waals surface area contributed by atoms with E-state index in [-0.39, 0.29) is 11.8 Å². The quantitative estimate of drug-likeness (QED) is 0.881. The van der Waals surface area contributed by atoms with Crippen LogP contribution in [0.15, 0.2) is 36.5 Å². The topological polar surface area (TPSA) is 65.6 Å². The van der Waals surface area contributed by atoms with Gasteiger partial charge >= 0.3 is 0 Å². The van der Waals surface area contributed by atoms with Crippen molar-refractivity contribution in [2.45, 2.75) is 26.7 Å². The largest absolute Gasteiger partial charge is 0.493 e. The van der Waals surface area contributed by atoms with Crippen LogP contribution in [0.5, 0.6) is 5.75 Å². The molecule has 6 heteroatoms. The van der Waals surface area contributed by atoms with Crippen LogP contribution in [0.1, 0.15) is 46.2 Å². The summed E-state index contributed by atoms with van der Waals surface area (Å²) in [6.45, 7) is 6.87. The second-order valence-electron chi connectivity index (χ2n) is 6.80. The summed E-state index contributed by atoms with van der Waals surface area (Å²) in [6, 6.07) is 9.19. The van der Waals surface area contributed by atoms with Gasteiger partial charge in [-0.1, -0.05) is 19.1 Å². The average molecular weight is 369 g/mol. The third-order valence-corrected chi connectivity index (χ3v) is 4.83. The monoisotopic (exact) mass is 369 g/mol. The molecule has 0 bridgehead atoms. The van der Waals surface area contributed by atoms with Crippen molar-refractivity contribution in [2.24, 2.45) is 0 Å². The van der Waals surface area contributed by atoms with E-state index < -0.39 is 0 Å². The van der Waals surface area contributed by atoms with Crippen molar-refractivity contribution in [2.75, 3.05) is 32.8 Å². The molecular weight excluding hydrogens is 342 g/mol. The Labute approximate surface area is 160 Å². The number of carbonyl (C=O) groups excluding carboxylic acids is 2. The Morgan fingerprint density at radius 3 is 2.30 bits per heavy atom. The number of carbonyl (C=O) groups is 2.